The molecule has 7 nitrogen and oxygen atoms in total. The summed E-state index contributed by atoms with van der Waals surface area (Å²) < 4.78 is 16.7. The third kappa shape index (κ3) is 4.64. The molecule has 3 aromatic carbocycles. The molecule has 1 N–H and O–H groups in total. The number of aliphatic hydroxyl groups is 1. The number of hydrogen-bond donors (Lipinski definition) is 1. The minimum Gasteiger partial charge on any atom is -0.507 e. The number of ether oxygens (including phenoxy) is 3. The van der Waals surface area contributed by atoms with Crippen LogP contribution in [0.5, 0.6) is 17.2 Å². The zero-order valence-corrected chi connectivity index (χ0v) is 20.8. The number of carbonyl (C=O) groups is 2. The van der Waals surface area contributed by atoms with E-state index in [9.17, 15) is 14.7 Å². The van der Waals surface area contributed by atoms with Crippen LogP contribution in [-0.4, -0.2) is 37.1 Å². The van der Waals surface area contributed by atoms with Crippen molar-refractivity contribution >= 4 is 23.1 Å². The van der Waals surface area contributed by atoms with E-state index in [2.05, 4.69) is 0 Å². The zero-order chi connectivity index (χ0) is 25.8. The number of ketones is 1. The highest BCUT2D eigenvalue weighted by atomic mass is 16.5. The van der Waals surface area contributed by atoms with Crippen LogP contribution in [0, 0.1) is 6.92 Å². The highest BCUT2D eigenvalue weighted by molar-refractivity contribution is 6.51. The summed E-state index contributed by atoms with van der Waals surface area (Å²) in [6, 6.07) is 18.6. The van der Waals surface area contributed by atoms with Crippen LogP contribution in [0.15, 0.2) is 72.3 Å². The van der Waals surface area contributed by atoms with Gasteiger partial charge in [-0.3, -0.25) is 14.5 Å². The van der Waals surface area contributed by atoms with Crippen molar-refractivity contribution in [1.82, 2.24) is 0 Å². The maximum Gasteiger partial charge on any atom is 0.300 e. The van der Waals surface area contributed by atoms with E-state index in [-0.39, 0.29) is 11.3 Å². The van der Waals surface area contributed by atoms with Gasteiger partial charge in [0.25, 0.3) is 11.7 Å². The van der Waals surface area contributed by atoms with E-state index in [1.807, 2.05) is 39.0 Å². The van der Waals surface area contributed by atoms with Crippen LogP contribution >= 0.6 is 0 Å². The van der Waals surface area contributed by atoms with Crippen LogP contribution in [-0.2, 0) is 9.59 Å². The molecule has 186 valence electrons. The molecule has 3 aromatic rings. The molecule has 0 spiro atoms. The number of anilines is 1. The Morgan fingerprint density at radius 3 is 2.36 bits per heavy atom. The summed E-state index contributed by atoms with van der Waals surface area (Å²) in [4.78, 5) is 28.3. The predicted molar refractivity (Wildman–Crippen MR) is 138 cm³/mol. The number of rotatable bonds is 8. The quantitative estimate of drug-likeness (QED) is 0.259. The SMILES string of the molecule is CCOc1ccc(/C(O)=C2/C(=O)C(=O)N(c3cccc(C)c3)C2c2cccc(OC)c2)c(OCC)c1. The lowest BCUT2D eigenvalue weighted by Crippen LogP contribution is -2.29. The van der Waals surface area contributed by atoms with E-state index in [0.29, 0.717) is 47.3 Å². The van der Waals surface area contributed by atoms with Crippen LogP contribution in [0.4, 0.5) is 5.69 Å². The summed E-state index contributed by atoms with van der Waals surface area (Å²) in [5.41, 5.74) is 2.39. The lowest BCUT2D eigenvalue weighted by molar-refractivity contribution is -0.132. The Morgan fingerprint density at radius 1 is 0.917 bits per heavy atom. The van der Waals surface area contributed by atoms with Gasteiger partial charge in [0.05, 0.1) is 37.5 Å². The summed E-state index contributed by atoms with van der Waals surface area (Å²) in [6.07, 6.45) is 0. The number of Topliss-reactive ketones (excluding diaryl/α,β-unsaturated/α-hetero) is 1. The largest absolute Gasteiger partial charge is 0.507 e. The highest BCUT2D eigenvalue weighted by Gasteiger charge is 2.47. The minimum absolute atomic E-state index is 0.0279. The Kier molecular flexibility index (Phi) is 7.29. The molecule has 4 rings (SSSR count). The molecular formula is C29H29NO6. The lowest BCUT2D eigenvalue weighted by atomic mass is 9.94. The Morgan fingerprint density at radius 2 is 1.67 bits per heavy atom. The fourth-order valence-electron chi connectivity index (χ4n) is 4.38. The summed E-state index contributed by atoms with van der Waals surface area (Å²) in [5, 5.41) is 11.5. The van der Waals surface area contributed by atoms with E-state index in [0.717, 1.165) is 5.56 Å². The van der Waals surface area contributed by atoms with Crippen molar-refractivity contribution in [1.29, 1.82) is 0 Å². The standard InChI is InChI=1S/C29H29NO6/c1-5-35-22-13-14-23(24(17-22)36-6-2)27(31)25-26(19-10-8-12-21(16-19)34-4)30(29(33)28(25)32)20-11-7-9-18(3)15-20/h7-17,26,31H,5-6H2,1-4H3/b27-25-. The summed E-state index contributed by atoms with van der Waals surface area (Å²) in [5.74, 6) is -0.326. The normalized spacial score (nSPS) is 16.8. The Labute approximate surface area is 210 Å². The number of amides is 1. The summed E-state index contributed by atoms with van der Waals surface area (Å²) in [7, 11) is 1.55. The van der Waals surface area contributed by atoms with Crippen LogP contribution in [0.2, 0.25) is 0 Å². The number of carbonyl (C=O) groups excluding carboxylic acids is 2. The smallest absolute Gasteiger partial charge is 0.300 e. The molecule has 1 atom stereocenters. The fraction of sp³-hybridized carbons (Fsp3) is 0.241. The average molecular weight is 488 g/mol. The monoisotopic (exact) mass is 487 g/mol. The first-order valence-electron chi connectivity index (χ1n) is 11.8. The van der Waals surface area contributed by atoms with Crippen molar-refractivity contribution in [3.63, 3.8) is 0 Å². The van der Waals surface area contributed by atoms with Gasteiger partial charge >= 0.3 is 0 Å². The fourth-order valence-corrected chi connectivity index (χ4v) is 4.38. The first-order valence-corrected chi connectivity index (χ1v) is 11.8. The minimum atomic E-state index is -0.872. The molecule has 1 heterocycles. The average Bonchev–Trinajstić information content (AvgIpc) is 3.14. The Balaban J connectivity index is 1.96. The van der Waals surface area contributed by atoms with Gasteiger partial charge in [-0.05, 0) is 68.3 Å². The molecule has 0 saturated carbocycles. The molecule has 1 aliphatic rings. The van der Waals surface area contributed by atoms with Crippen molar-refractivity contribution in [3.8, 4) is 17.2 Å². The summed E-state index contributed by atoms with van der Waals surface area (Å²) in [6.45, 7) is 6.41. The molecule has 1 amide bonds. The van der Waals surface area contributed by atoms with Crippen LogP contribution in [0.3, 0.4) is 0 Å². The van der Waals surface area contributed by atoms with E-state index in [1.54, 1.807) is 55.6 Å². The van der Waals surface area contributed by atoms with E-state index < -0.39 is 17.7 Å². The third-order valence-corrected chi connectivity index (χ3v) is 5.95. The Bertz CT molecular complexity index is 1330. The number of aliphatic hydroxyl groups excluding tert-OH is 1. The van der Waals surface area contributed by atoms with Gasteiger partial charge < -0.3 is 19.3 Å². The molecule has 1 saturated heterocycles. The maximum absolute atomic E-state index is 13.5. The highest BCUT2D eigenvalue weighted by Crippen LogP contribution is 2.44. The van der Waals surface area contributed by atoms with Crippen LogP contribution in [0.1, 0.15) is 36.6 Å². The van der Waals surface area contributed by atoms with Gasteiger partial charge in [-0.1, -0.05) is 24.3 Å². The second kappa shape index (κ2) is 10.6. The van der Waals surface area contributed by atoms with Gasteiger partial charge in [-0.25, -0.2) is 0 Å². The van der Waals surface area contributed by atoms with Gasteiger partial charge in [0.15, 0.2) is 0 Å². The molecule has 0 aromatic heterocycles. The molecule has 0 radical (unpaired) electrons. The molecule has 0 bridgehead atoms. The van der Waals surface area contributed by atoms with Crippen molar-refractivity contribution in [2.75, 3.05) is 25.2 Å². The first kappa shape index (κ1) is 24.9. The molecule has 7 heteroatoms. The van der Waals surface area contributed by atoms with E-state index in [1.165, 1.54) is 4.90 Å². The van der Waals surface area contributed by atoms with Crippen molar-refractivity contribution < 1.29 is 28.9 Å². The topological polar surface area (TPSA) is 85.3 Å². The summed E-state index contributed by atoms with van der Waals surface area (Å²) >= 11 is 0. The molecule has 1 unspecified atom stereocenters. The lowest BCUT2D eigenvalue weighted by Gasteiger charge is -2.26. The van der Waals surface area contributed by atoms with Gasteiger partial charge in [0, 0.05) is 11.8 Å². The second-order valence-corrected chi connectivity index (χ2v) is 8.31. The van der Waals surface area contributed by atoms with Gasteiger partial charge in [0.2, 0.25) is 0 Å². The molecule has 1 aliphatic heterocycles. The third-order valence-electron chi connectivity index (χ3n) is 5.95. The van der Waals surface area contributed by atoms with Crippen molar-refractivity contribution in [2.45, 2.75) is 26.8 Å². The molecule has 0 aliphatic carbocycles. The van der Waals surface area contributed by atoms with Gasteiger partial charge in [0.1, 0.15) is 23.0 Å². The molecular weight excluding hydrogens is 458 g/mol. The van der Waals surface area contributed by atoms with E-state index in [4.69, 9.17) is 14.2 Å². The zero-order valence-electron chi connectivity index (χ0n) is 20.8. The molecule has 1 fully saturated rings. The number of hydrogen-bond acceptors (Lipinski definition) is 6. The van der Waals surface area contributed by atoms with Crippen molar-refractivity contribution in [2.24, 2.45) is 0 Å². The van der Waals surface area contributed by atoms with Crippen LogP contribution < -0.4 is 19.1 Å². The molecule has 36 heavy (non-hydrogen) atoms. The van der Waals surface area contributed by atoms with E-state index >= 15 is 0 Å². The number of benzene rings is 3. The van der Waals surface area contributed by atoms with Crippen LogP contribution in [0.25, 0.3) is 5.76 Å². The van der Waals surface area contributed by atoms with Gasteiger partial charge in [-0.15, -0.1) is 0 Å². The second-order valence-electron chi connectivity index (χ2n) is 8.31. The first-order chi connectivity index (χ1) is 17.4. The number of methoxy groups -OCH3 is 1. The maximum atomic E-state index is 13.5. The van der Waals surface area contributed by atoms with Gasteiger partial charge in [-0.2, -0.15) is 0 Å². The number of aryl methyl sites for hydroxylation is 1. The Hall–Kier alpha value is -4.26. The predicted octanol–water partition coefficient (Wildman–Crippen LogP) is 5.43. The number of nitrogens with zero attached hydrogens (tertiary/aromatic N) is 1. The van der Waals surface area contributed by atoms with Crippen molar-refractivity contribution in [3.05, 3.63) is 89.0 Å².